The fraction of sp³-hybridized carbons (Fsp3) is 0.188. The van der Waals surface area contributed by atoms with Gasteiger partial charge in [0.1, 0.15) is 5.75 Å². The van der Waals surface area contributed by atoms with Crippen molar-refractivity contribution < 1.29 is 18.3 Å². The van der Waals surface area contributed by atoms with Gasteiger partial charge in [0.05, 0.1) is 6.54 Å². The summed E-state index contributed by atoms with van der Waals surface area (Å²) in [6.45, 7) is -0.488. The van der Waals surface area contributed by atoms with Gasteiger partial charge in [0, 0.05) is 11.3 Å². The van der Waals surface area contributed by atoms with Crippen LogP contribution in [0.4, 0.5) is 14.5 Å². The van der Waals surface area contributed by atoms with Crippen molar-refractivity contribution >= 4 is 11.6 Å². The number of benzene rings is 2. The van der Waals surface area contributed by atoms with E-state index in [9.17, 15) is 13.6 Å². The molecule has 0 saturated carbocycles. The number of carbonyl (C=O) groups excluding carboxylic acids is 1. The second-order valence-electron chi connectivity index (χ2n) is 4.92. The summed E-state index contributed by atoms with van der Waals surface area (Å²) in [5, 5.41) is 0. The molecule has 0 spiro atoms. The first-order valence-corrected chi connectivity index (χ1v) is 6.51. The molecule has 21 heavy (non-hydrogen) atoms. The van der Waals surface area contributed by atoms with E-state index in [-0.39, 0.29) is 11.7 Å². The quantitative estimate of drug-likeness (QED) is 0.861. The number of alkyl halides is 2. The molecular weight excluding hydrogens is 276 g/mol. The van der Waals surface area contributed by atoms with E-state index >= 15 is 0 Å². The maximum Gasteiger partial charge on any atom is 0.387 e. The van der Waals surface area contributed by atoms with Gasteiger partial charge in [-0.3, -0.25) is 4.79 Å². The van der Waals surface area contributed by atoms with E-state index in [1.54, 1.807) is 11.0 Å². The number of ether oxygens (including phenoxy) is 1. The molecular formula is C16H13F2NO2. The van der Waals surface area contributed by atoms with Gasteiger partial charge in [0.15, 0.2) is 0 Å². The van der Waals surface area contributed by atoms with Crippen molar-refractivity contribution in [3.05, 3.63) is 59.2 Å². The molecule has 0 N–H and O–H groups in total. The molecule has 3 nitrogen and oxygen atoms in total. The molecule has 0 fully saturated rings. The highest BCUT2D eigenvalue weighted by molar-refractivity contribution is 6.10. The SMILES string of the molecule is Cc1ccc(N2Cc3ccc(OC(F)F)cc3C2=O)cc1. The predicted octanol–water partition coefficient (Wildman–Crippen LogP) is 3.76. The molecule has 5 heteroatoms. The number of aryl methyl sites for hydroxylation is 1. The highest BCUT2D eigenvalue weighted by Gasteiger charge is 2.29. The molecule has 0 bridgehead atoms. The Balaban J connectivity index is 1.90. The van der Waals surface area contributed by atoms with E-state index in [1.165, 1.54) is 12.1 Å². The van der Waals surface area contributed by atoms with Crippen LogP contribution in [0.1, 0.15) is 21.5 Å². The van der Waals surface area contributed by atoms with E-state index in [2.05, 4.69) is 4.74 Å². The first kappa shape index (κ1) is 13.5. The zero-order chi connectivity index (χ0) is 15.0. The molecule has 2 aromatic carbocycles. The number of fused-ring (bicyclic) bond motifs is 1. The average Bonchev–Trinajstić information content (AvgIpc) is 2.76. The molecule has 0 unspecified atom stereocenters. The number of carbonyl (C=O) groups is 1. The molecule has 1 aliphatic rings. The Morgan fingerprint density at radius 2 is 1.86 bits per heavy atom. The van der Waals surface area contributed by atoms with Crippen LogP contribution in [0.15, 0.2) is 42.5 Å². The van der Waals surface area contributed by atoms with Gasteiger partial charge in [-0.2, -0.15) is 8.78 Å². The van der Waals surface area contributed by atoms with Crippen LogP contribution in [0.2, 0.25) is 0 Å². The van der Waals surface area contributed by atoms with Crippen LogP contribution >= 0.6 is 0 Å². The van der Waals surface area contributed by atoms with Gasteiger partial charge in [0.25, 0.3) is 5.91 Å². The molecule has 0 atom stereocenters. The van der Waals surface area contributed by atoms with Crippen LogP contribution < -0.4 is 9.64 Å². The molecule has 1 amide bonds. The third kappa shape index (κ3) is 2.59. The topological polar surface area (TPSA) is 29.5 Å². The summed E-state index contributed by atoms with van der Waals surface area (Å²) in [5.41, 5.74) is 3.12. The second-order valence-corrected chi connectivity index (χ2v) is 4.92. The second kappa shape index (κ2) is 5.16. The van der Waals surface area contributed by atoms with E-state index in [0.29, 0.717) is 12.1 Å². The molecule has 108 valence electrons. The molecule has 0 radical (unpaired) electrons. The van der Waals surface area contributed by atoms with Crippen LogP contribution in [0.25, 0.3) is 0 Å². The van der Waals surface area contributed by atoms with Gasteiger partial charge >= 0.3 is 6.61 Å². The summed E-state index contributed by atoms with van der Waals surface area (Å²) in [4.78, 5) is 14.0. The molecule has 3 rings (SSSR count). The maximum absolute atomic E-state index is 12.4. The van der Waals surface area contributed by atoms with Gasteiger partial charge < -0.3 is 9.64 Å². The zero-order valence-electron chi connectivity index (χ0n) is 11.3. The van der Waals surface area contributed by atoms with E-state index < -0.39 is 6.61 Å². The first-order valence-electron chi connectivity index (χ1n) is 6.51. The number of amides is 1. The minimum absolute atomic E-state index is 0.00264. The minimum Gasteiger partial charge on any atom is -0.435 e. The smallest absolute Gasteiger partial charge is 0.387 e. The van der Waals surface area contributed by atoms with Crippen molar-refractivity contribution in [2.45, 2.75) is 20.1 Å². The van der Waals surface area contributed by atoms with Crippen molar-refractivity contribution in [3.8, 4) is 5.75 Å². The molecule has 0 saturated heterocycles. The lowest BCUT2D eigenvalue weighted by atomic mass is 10.1. The number of halogens is 2. The normalized spacial score (nSPS) is 13.7. The molecule has 1 heterocycles. The zero-order valence-corrected chi connectivity index (χ0v) is 11.3. The van der Waals surface area contributed by atoms with Gasteiger partial charge in [-0.05, 0) is 36.8 Å². The Labute approximate surface area is 120 Å². The Morgan fingerprint density at radius 1 is 1.14 bits per heavy atom. The van der Waals surface area contributed by atoms with E-state index in [1.807, 2.05) is 31.2 Å². The lowest BCUT2D eigenvalue weighted by Gasteiger charge is -2.15. The van der Waals surface area contributed by atoms with Crippen molar-refractivity contribution in [1.29, 1.82) is 0 Å². The number of rotatable bonds is 3. The number of hydrogen-bond donors (Lipinski definition) is 0. The highest BCUT2D eigenvalue weighted by Crippen LogP contribution is 2.31. The monoisotopic (exact) mass is 289 g/mol. The Hall–Kier alpha value is -2.43. The standard InChI is InChI=1S/C16H13F2NO2/c1-10-2-5-12(6-3-10)19-9-11-4-7-13(21-16(17)18)8-14(11)15(19)20/h2-8,16H,9H2,1H3. The highest BCUT2D eigenvalue weighted by atomic mass is 19.3. The maximum atomic E-state index is 12.4. The fourth-order valence-electron chi connectivity index (χ4n) is 2.39. The van der Waals surface area contributed by atoms with Gasteiger partial charge in [-0.25, -0.2) is 0 Å². The molecule has 2 aromatic rings. The number of anilines is 1. The average molecular weight is 289 g/mol. The minimum atomic E-state index is -2.90. The lowest BCUT2D eigenvalue weighted by Crippen LogP contribution is -2.22. The summed E-state index contributed by atoms with van der Waals surface area (Å²) in [6, 6.07) is 12.1. The third-order valence-corrected chi connectivity index (χ3v) is 3.46. The summed E-state index contributed by atoms with van der Waals surface area (Å²) >= 11 is 0. The predicted molar refractivity (Wildman–Crippen MR) is 74.8 cm³/mol. The van der Waals surface area contributed by atoms with Crippen molar-refractivity contribution in [2.75, 3.05) is 4.90 Å². The van der Waals surface area contributed by atoms with E-state index in [4.69, 9.17) is 0 Å². The van der Waals surface area contributed by atoms with Crippen LogP contribution in [-0.2, 0) is 6.54 Å². The van der Waals surface area contributed by atoms with Crippen LogP contribution in [0, 0.1) is 6.92 Å². The molecule has 0 aliphatic carbocycles. The first-order chi connectivity index (χ1) is 10.0. The summed E-state index contributed by atoms with van der Waals surface area (Å²) in [7, 11) is 0. The number of hydrogen-bond acceptors (Lipinski definition) is 2. The van der Waals surface area contributed by atoms with Crippen LogP contribution in [0.3, 0.4) is 0 Å². The van der Waals surface area contributed by atoms with Crippen molar-refractivity contribution in [2.24, 2.45) is 0 Å². The Kier molecular flexibility index (Phi) is 3.33. The van der Waals surface area contributed by atoms with Crippen LogP contribution in [-0.4, -0.2) is 12.5 Å². The van der Waals surface area contributed by atoms with E-state index in [0.717, 1.165) is 16.8 Å². The van der Waals surface area contributed by atoms with Crippen LogP contribution in [0.5, 0.6) is 5.75 Å². The summed E-state index contributed by atoms with van der Waals surface area (Å²) in [6.07, 6.45) is 0. The van der Waals surface area contributed by atoms with Gasteiger partial charge in [0.2, 0.25) is 0 Å². The summed E-state index contributed by atoms with van der Waals surface area (Å²) in [5.74, 6) is -0.198. The lowest BCUT2D eigenvalue weighted by molar-refractivity contribution is -0.0498. The largest absolute Gasteiger partial charge is 0.435 e. The van der Waals surface area contributed by atoms with Crippen molar-refractivity contribution in [3.63, 3.8) is 0 Å². The molecule has 1 aliphatic heterocycles. The number of nitrogens with zero attached hydrogens (tertiary/aromatic N) is 1. The molecule has 0 aromatic heterocycles. The Morgan fingerprint density at radius 3 is 2.52 bits per heavy atom. The van der Waals surface area contributed by atoms with Gasteiger partial charge in [-0.15, -0.1) is 0 Å². The van der Waals surface area contributed by atoms with Crippen molar-refractivity contribution in [1.82, 2.24) is 0 Å². The van der Waals surface area contributed by atoms with Gasteiger partial charge in [-0.1, -0.05) is 23.8 Å². The summed E-state index contributed by atoms with van der Waals surface area (Å²) < 4.78 is 28.8. The Bertz CT molecular complexity index is 683. The fourth-order valence-corrected chi connectivity index (χ4v) is 2.39. The third-order valence-electron chi connectivity index (χ3n) is 3.46.